The van der Waals surface area contributed by atoms with Gasteiger partial charge < -0.3 is 11.1 Å². The van der Waals surface area contributed by atoms with Crippen LogP contribution in [0.3, 0.4) is 0 Å². The van der Waals surface area contributed by atoms with Gasteiger partial charge in [0.25, 0.3) is 0 Å². The van der Waals surface area contributed by atoms with E-state index in [-0.39, 0.29) is 11.9 Å². The molecule has 3 nitrogen and oxygen atoms in total. The van der Waals surface area contributed by atoms with Crippen LogP contribution in [-0.2, 0) is 4.79 Å². The molecule has 1 aromatic carbocycles. The number of hydrogen-bond donors (Lipinski definition) is 2. The van der Waals surface area contributed by atoms with Crippen LogP contribution in [0.5, 0.6) is 0 Å². The van der Waals surface area contributed by atoms with Gasteiger partial charge in [-0.2, -0.15) is 0 Å². The number of carbonyl (C=O) groups excluding carboxylic acids is 1. The second-order valence-electron chi connectivity index (χ2n) is 2.95. The van der Waals surface area contributed by atoms with Gasteiger partial charge in [0.1, 0.15) is 0 Å². The number of carbonyl (C=O) groups is 1. The zero-order valence-corrected chi connectivity index (χ0v) is 6.58. The molecule has 62 valence electrons. The molecule has 3 heteroatoms. The fraction of sp³-hybridized carbons (Fsp3) is 0.222. The summed E-state index contributed by atoms with van der Waals surface area (Å²) in [4.78, 5) is 11.0. The van der Waals surface area contributed by atoms with E-state index in [1.54, 1.807) is 0 Å². The average Bonchev–Trinajstić information content (AvgIpc) is 2.04. The summed E-state index contributed by atoms with van der Waals surface area (Å²) < 4.78 is 0. The Kier molecular flexibility index (Phi) is 1.59. The molecular formula is C9H10N2O. The van der Waals surface area contributed by atoms with E-state index in [1.165, 1.54) is 0 Å². The summed E-state index contributed by atoms with van der Waals surface area (Å²) in [7, 11) is 0. The quantitative estimate of drug-likeness (QED) is 0.598. The molecule has 1 aliphatic heterocycles. The molecule has 1 amide bonds. The van der Waals surface area contributed by atoms with Crippen LogP contribution in [0.1, 0.15) is 18.0 Å². The highest BCUT2D eigenvalue weighted by molar-refractivity contribution is 5.94. The van der Waals surface area contributed by atoms with Crippen molar-refractivity contribution in [3.63, 3.8) is 0 Å². The molecule has 1 aliphatic rings. The highest BCUT2D eigenvalue weighted by Gasteiger charge is 2.20. The third-order valence-electron chi connectivity index (χ3n) is 2.04. The van der Waals surface area contributed by atoms with E-state index in [2.05, 4.69) is 5.32 Å². The van der Waals surface area contributed by atoms with Crippen molar-refractivity contribution in [3.05, 3.63) is 29.8 Å². The number of nitrogens with one attached hydrogen (secondary N) is 1. The Morgan fingerprint density at radius 2 is 2.17 bits per heavy atom. The van der Waals surface area contributed by atoms with Crippen LogP contribution >= 0.6 is 0 Å². The van der Waals surface area contributed by atoms with Crippen molar-refractivity contribution in [1.82, 2.24) is 0 Å². The zero-order valence-electron chi connectivity index (χ0n) is 6.58. The second kappa shape index (κ2) is 2.60. The maximum Gasteiger partial charge on any atom is 0.226 e. The number of para-hydroxylation sites is 1. The summed E-state index contributed by atoms with van der Waals surface area (Å²) in [6.45, 7) is 0. The average molecular weight is 162 g/mol. The summed E-state index contributed by atoms with van der Waals surface area (Å²) >= 11 is 0. The molecule has 3 N–H and O–H groups in total. The lowest BCUT2D eigenvalue weighted by atomic mass is 9.99. The molecule has 1 aromatic rings. The Labute approximate surface area is 70.6 Å². The highest BCUT2D eigenvalue weighted by Crippen LogP contribution is 2.27. The molecule has 0 fully saturated rings. The minimum Gasteiger partial charge on any atom is -0.326 e. The van der Waals surface area contributed by atoms with Crippen molar-refractivity contribution in [2.45, 2.75) is 12.5 Å². The number of benzene rings is 1. The minimum atomic E-state index is -0.144. The monoisotopic (exact) mass is 162 g/mol. The number of fused-ring (bicyclic) bond motifs is 1. The molecule has 0 unspecified atom stereocenters. The van der Waals surface area contributed by atoms with Gasteiger partial charge in [-0.3, -0.25) is 4.79 Å². The Morgan fingerprint density at radius 3 is 3.00 bits per heavy atom. The van der Waals surface area contributed by atoms with Gasteiger partial charge in [-0.1, -0.05) is 18.2 Å². The minimum absolute atomic E-state index is 0.00111. The molecule has 0 radical (unpaired) electrons. The van der Waals surface area contributed by atoms with Gasteiger partial charge in [-0.25, -0.2) is 0 Å². The first-order chi connectivity index (χ1) is 5.77. The van der Waals surface area contributed by atoms with E-state index in [9.17, 15) is 4.79 Å². The predicted molar refractivity (Wildman–Crippen MR) is 46.6 cm³/mol. The molecule has 0 bridgehead atoms. The SMILES string of the molecule is N[C@@H]1CC(=O)Nc2ccccc21. The van der Waals surface area contributed by atoms with Crippen molar-refractivity contribution in [2.24, 2.45) is 5.73 Å². The Hall–Kier alpha value is -1.35. The van der Waals surface area contributed by atoms with Gasteiger partial charge in [0, 0.05) is 18.2 Å². The van der Waals surface area contributed by atoms with Gasteiger partial charge in [-0.15, -0.1) is 0 Å². The van der Waals surface area contributed by atoms with Crippen LogP contribution in [-0.4, -0.2) is 5.91 Å². The van der Waals surface area contributed by atoms with Gasteiger partial charge in [0.15, 0.2) is 0 Å². The highest BCUT2D eigenvalue weighted by atomic mass is 16.1. The first-order valence-electron chi connectivity index (χ1n) is 3.92. The maximum atomic E-state index is 11.0. The van der Waals surface area contributed by atoms with Crippen molar-refractivity contribution in [3.8, 4) is 0 Å². The topological polar surface area (TPSA) is 55.1 Å². The van der Waals surface area contributed by atoms with E-state index in [4.69, 9.17) is 5.73 Å². The number of nitrogens with two attached hydrogens (primary N) is 1. The number of amides is 1. The van der Waals surface area contributed by atoms with Gasteiger partial charge >= 0.3 is 0 Å². The lowest BCUT2D eigenvalue weighted by Gasteiger charge is -2.21. The van der Waals surface area contributed by atoms with Crippen LogP contribution < -0.4 is 11.1 Å². The van der Waals surface area contributed by atoms with Crippen LogP contribution in [0, 0.1) is 0 Å². The maximum absolute atomic E-state index is 11.0. The fourth-order valence-electron chi connectivity index (χ4n) is 1.45. The smallest absolute Gasteiger partial charge is 0.226 e. The predicted octanol–water partition coefficient (Wildman–Crippen LogP) is 1.03. The largest absolute Gasteiger partial charge is 0.326 e. The Bertz CT molecular complexity index is 322. The van der Waals surface area contributed by atoms with Crippen molar-refractivity contribution in [1.29, 1.82) is 0 Å². The lowest BCUT2D eigenvalue weighted by molar-refractivity contribution is -0.116. The summed E-state index contributed by atoms with van der Waals surface area (Å²) in [5.41, 5.74) is 7.65. The molecule has 2 rings (SSSR count). The lowest BCUT2D eigenvalue weighted by Crippen LogP contribution is -2.27. The number of hydrogen-bond acceptors (Lipinski definition) is 2. The van der Waals surface area contributed by atoms with Crippen LogP contribution in [0.15, 0.2) is 24.3 Å². The summed E-state index contributed by atoms with van der Waals surface area (Å²) in [6, 6.07) is 7.48. The van der Waals surface area contributed by atoms with E-state index >= 15 is 0 Å². The first kappa shape index (κ1) is 7.31. The number of anilines is 1. The van der Waals surface area contributed by atoms with Crippen molar-refractivity contribution >= 4 is 11.6 Å². The van der Waals surface area contributed by atoms with Gasteiger partial charge in [-0.05, 0) is 11.6 Å². The molecule has 0 aromatic heterocycles. The third-order valence-corrected chi connectivity index (χ3v) is 2.04. The normalized spacial score (nSPS) is 21.4. The summed E-state index contributed by atoms with van der Waals surface area (Å²) in [6.07, 6.45) is 0.386. The van der Waals surface area contributed by atoms with Gasteiger partial charge in [0.2, 0.25) is 5.91 Å². The molecule has 1 heterocycles. The van der Waals surface area contributed by atoms with Crippen molar-refractivity contribution in [2.75, 3.05) is 5.32 Å². The molecule has 12 heavy (non-hydrogen) atoms. The zero-order chi connectivity index (χ0) is 8.55. The fourth-order valence-corrected chi connectivity index (χ4v) is 1.45. The molecule has 0 spiro atoms. The third kappa shape index (κ3) is 1.08. The van der Waals surface area contributed by atoms with E-state index < -0.39 is 0 Å². The molecule has 1 atom stereocenters. The summed E-state index contributed by atoms with van der Waals surface area (Å²) in [5.74, 6) is 0.00111. The molecule has 0 aliphatic carbocycles. The van der Waals surface area contributed by atoms with Crippen molar-refractivity contribution < 1.29 is 4.79 Å². The van der Waals surface area contributed by atoms with Crippen LogP contribution in [0.25, 0.3) is 0 Å². The molecule has 0 saturated carbocycles. The molecule has 0 saturated heterocycles. The van der Waals surface area contributed by atoms with Crippen LogP contribution in [0.2, 0.25) is 0 Å². The Morgan fingerprint density at radius 1 is 1.42 bits per heavy atom. The first-order valence-corrected chi connectivity index (χ1v) is 3.92. The van der Waals surface area contributed by atoms with E-state index in [1.807, 2.05) is 24.3 Å². The van der Waals surface area contributed by atoms with Crippen LogP contribution in [0.4, 0.5) is 5.69 Å². The van der Waals surface area contributed by atoms with Gasteiger partial charge in [0.05, 0.1) is 0 Å². The summed E-state index contributed by atoms with van der Waals surface area (Å²) in [5, 5.41) is 2.77. The van der Waals surface area contributed by atoms with E-state index in [0.717, 1.165) is 11.3 Å². The number of rotatable bonds is 0. The van der Waals surface area contributed by atoms with E-state index in [0.29, 0.717) is 6.42 Å². The Balaban J connectivity index is 2.47. The molecular weight excluding hydrogens is 152 g/mol. The standard InChI is InChI=1S/C9H10N2O/c10-7-5-9(12)11-8-4-2-1-3-6(7)8/h1-4,7H,5,10H2,(H,11,12)/t7-/m1/s1. The second-order valence-corrected chi connectivity index (χ2v) is 2.95.